The molecule has 3 aromatic rings. The van der Waals surface area contributed by atoms with Crippen molar-refractivity contribution < 1.29 is 9.53 Å². The molecule has 5 nitrogen and oxygen atoms in total. The van der Waals surface area contributed by atoms with Crippen LogP contribution in [-0.2, 0) is 17.7 Å². The zero-order valence-electron chi connectivity index (χ0n) is 18.0. The van der Waals surface area contributed by atoms with Gasteiger partial charge in [0.2, 0.25) is 0 Å². The number of ether oxygens (including phenoxy) is 1. The highest BCUT2D eigenvalue weighted by Crippen LogP contribution is 2.44. The number of para-hydroxylation sites is 1. The van der Waals surface area contributed by atoms with Crippen molar-refractivity contribution in [3.63, 3.8) is 0 Å². The second-order valence-electron chi connectivity index (χ2n) is 7.84. The number of carbonyl (C=O) groups is 1. The lowest BCUT2D eigenvalue weighted by Gasteiger charge is -2.30. The SMILES string of the molecule is CC.Cc1cccc2sc(-c3c(N)sc4c3CCN(C(=O)OC(C)(C)C)C4)nc12. The third kappa shape index (κ3) is 4.41. The van der Waals surface area contributed by atoms with Crippen molar-refractivity contribution in [3.05, 3.63) is 34.2 Å². The molecule has 0 atom stereocenters. The van der Waals surface area contributed by atoms with Gasteiger partial charge in [0, 0.05) is 17.0 Å². The molecule has 0 saturated carbocycles. The number of thiophene rings is 1. The summed E-state index contributed by atoms with van der Waals surface area (Å²) in [7, 11) is 0. The maximum absolute atomic E-state index is 12.4. The van der Waals surface area contributed by atoms with Gasteiger partial charge in [-0.1, -0.05) is 26.0 Å². The third-order valence-electron chi connectivity index (χ3n) is 4.57. The number of hydrogen-bond acceptors (Lipinski definition) is 6. The molecule has 2 N–H and O–H groups in total. The Bertz CT molecular complexity index is 1030. The second-order valence-corrected chi connectivity index (χ2v) is 10.0. The minimum Gasteiger partial charge on any atom is -0.444 e. The van der Waals surface area contributed by atoms with E-state index < -0.39 is 5.60 Å². The summed E-state index contributed by atoms with van der Waals surface area (Å²) in [6.07, 6.45) is 0.504. The maximum atomic E-state index is 12.4. The molecule has 1 amide bonds. The van der Waals surface area contributed by atoms with E-state index >= 15 is 0 Å². The van der Waals surface area contributed by atoms with E-state index in [1.54, 1.807) is 27.6 Å². The highest BCUT2D eigenvalue weighted by Gasteiger charge is 2.30. The molecule has 2 aromatic heterocycles. The summed E-state index contributed by atoms with van der Waals surface area (Å²) < 4.78 is 6.69. The lowest BCUT2D eigenvalue weighted by molar-refractivity contribution is 0.0227. The molecule has 3 heterocycles. The van der Waals surface area contributed by atoms with Crippen LogP contribution in [0.5, 0.6) is 0 Å². The number of hydrogen-bond donors (Lipinski definition) is 1. The smallest absolute Gasteiger partial charge is 0.410 e. The van der Waals surface area contributed by atoms with Gasteiger partial charge in [-0.15, -0.1) is 22.7 Å². The maximum Gasteiger partial charge on any atom is 0.410 e. The van der Waals surface area contributed by atoms with E-state index in [1.807, 2.05) is 34.6 Å². The van der Waals surface area contributed by atoms with Crippen LogP contribution in [-0.4, -0.2) is 28.1 Å². The number of aryl methyl sites for hydroxylation is 1. The van der Waals surface area contributed by atoms with E-state index in [9.17, 15) is 4.79 Å². The molecule has 1 aliphatic rings. The molecule has 1 aromatic carbocycles. The van der Waals surface area contributed by atoms with Gasteiger partial charge in [-0.3, -0.25) is 0 Å². The highest BCUT2D eigenvalue weighted by atomic mass is 32.1. The van der Waals surface area contributed by atoms with Gasteiger partial charge < -0.3 is 15.4 Å². The Morgan fingerprint density at radius 1 is 1.24 bits per heavy atom. The molecule has 0 unspecified atom stereocenters. The first-order chi connectivity index (χ1) is 13.7. The van der Waals surface area contributed by atoms with Crippen molar-refractivity contribution >= 4 is 44.0 Å². The average molecular weight is 432 g/mol. The van der Waals surface area contributed by atoms with E-state index in [1.165, 1.54) is 15.8 Å². The minimum atomic E-state index is -0.490. The summed E-state index contributed by atoms with van der Waals surface area (Å²) in [5.41, 5.74) is 10.4. The molecule has 0 radical (unpaired) electrons. The summed E-state index contributed by atoms with van der Waals surface area (Å²) in [6.45, 7) is 12.9. The largest absolute Gasteiger partial charge is 0.444 e. The normalized spacial score (nSPS) is 13.7. The molecule has 29 heavy (non-hydrogen) atoms. The fraction of sp³-hybridized carbons (Fsp3) is 0.455. The summed E-state index contributed by atoms with van der Waals surface area (Å²) in [5.74, 6) is 0. The Morgan fingerprint density at radius 3 is 2.62 bits per heavy atom. The fourth-order valence-corrected chi connectivity index (χ4v) is 5.66. The number of carbonyl (C=O) groups excluding carboxylic acids is 1. The van der Waals surface area contributed by atoms with Gasteiger partial charge in [0.05, 0.1) is 21.8 Å². The summed E-state index contributed by atoms with van der Waals surface area (Å²) in [4.78, 5) is 20.2. The van der Waals surface area contributed by atoms with Gasteiger partial charge in [0.15, 0.2) is 0 Å². The lowest BCUT2D eigenvalue weighted by atomic mass is 10.0. The number of nitrogens with two attached hydrogens (primary N) is 1. The molecular weight excluding hydrogens is 402 g/mol. The molecule has 0 saturated heterocycles. The van der Waals surface area contributed by atoms with Crippen LogP contribution in [0.1, 0.15) is 50.6 Å². The molecule has 7 heteroatoms. The number of thiazole rings is 1. The van der Waals surface area contributed by atoms with Crippen molar-refractivity contribution in [1.82, 2.24) is 9.88 Å². The van der Waals surface area contributed by atoms with Gasteiger partial charge in [0.25, 0.3) is 0 Å². The monoisotopic (exact) mass is 431 g/mol. The van der Waals surface area contributed by atoms with Crippen LogP contribution in [0.4, 0.5) is 9.80 Å². The zero-order valence-corrected chi connectivity index (χ0v) is 19.6. The Hall–Kier alpha value is -2.12. The Morgan fingerprint density at radius 2 is 1.97 bits per heavy atom. The van der Waals surface area contributed by atoms with Gasteiger partial charge in [-0.25, -0.2) is 9.78 Å². The molecule has 1 aliphatic heterocycles. The predicted molar refractivity (Wildman–Crippen MR) is 124 cm³/mol. The number of rotatable bonds is 1. The van der Waals surface area contributed by atoms with Crippen LogP contribution in [0.25, 0.3) is 20.8 Å². The van der Waals surface area contributed by atoms with Crippen molar-refractivity contribution in [2.45, 2.75) is 60.1 Å². The second kappa shape index (κ2) is 8.32. The third-order valence-corrected chi connectivity index (χ3v) is 6.65. The standard InChI is InChI=1S/C20H23N3O2S2.C2H6/c1-11-6-5-7-13-16(11)22-18(27-13)15-12-8-9-23(10-14(12)26-17(15)21)19(24)25-20(2,3)4;1-2/h5-7H,8-10,21H2,1-4H3;1-2H3. The van der Waals surface area contributed by atoms with Crippen molar-refractivity contribution in [1.29, 1.82) is 0 Å². The van der Waals surface area contributed by atoms with Crippen LogP contribution in [0.15, 0.2) is 18.2 Å². The predicted octanol–water partition coefficient (Wildman–Crippen LogP) is 6.23. The van der Waals surface area contributed by atoms with Crippen LogP contribution in [0.3, 0.4) is 0 Å². The van der Waals surface area contributed by atoms with E-state index in [-0.39, 0.29) is 6.09 Å². The number of fused-ring (bicyclic) bond motifs is 2. The van der Waals surface area contributed by atoms with Gasteiger partial charge >= 0.3 is 6.09 Å². The molecular formula is C22H29N3O2S2. The van der Waals surface area contributed by atoms with Crippen molar-refractivity contribution in [3.8, 4) is 10.6 Å². The van der Waals surface area contributed by atoms with Gasteiger partial charge in [-0.2, -0.15) is 0 Å². The van der Waals surface area contributed by atoms with Crippen LogP contribution in [0.2, 0.25) is 0 Å². The quantitative estimate of drug-likeness (QED) is 0.495. The van der Waals surface area contributed by atoms with E-state index in [4.69, 9.17) is 15.5 Å². The molecule has 0 fully saturated rings. The average Bonchev–Trinajstić information content (AvgIpc) is 3.22. The van der Waals surface area contributed by atoms with E-state index in [0.29, 0.717) is 13.1 Å². The highest BCUT2D eigenvalue weighted by molar-refractivity contribution is 7.22. The van der Waals surface area contributed by atoms with Crippen LogP contribution in [0, 0.1) is 6.92 Å². The van der Waals surface area contributed by atoms with E-state index in [2.05, 4.69) is 25.1 Å². The van der Waals surface area contributed by atoms with Gasteiger partial charge in [0.1, 0.15) is 10.6 Å². The van der Waals surface area contributed by atoms with Crippen LogP contribution >= 0.6 is 22.7 Å². The van der Waals surface area contributed by atoms with Crippen LogP contribution < -0.4 is 5.73 Å². The topological polar surface area (TPSA) is 68.5 Å². The summed E-state index contributed by atoms with van der Waals surface area (Å²) in [5, 5.41) is 1.75. The van der Waals surface area contributed by atoms with Crippen molar-refractivity contribution in [2.75, 3.05) is 12.3 Å². The molecule has 156 valence electrons. The zero-order chi connectivity index (χ0) is 21.3. The Balaban J connectivity index is 0.00000117. The fourth-order valence-electron chi connectivity index (χ4n) is 3.33. The summed E-state index contributed by atoms with van der Waals surface area (Å²) >= 11 is 3.24. The molecule has 0 spiro atoms. The number of benzene rings is 1. The molecule has 4 rings (SSSR count). The number of amides is 1. The number of nitrogens with zero attached hydrogens (tertiary/aromatic N) is 2. The number of nitrogen functional groups attached to an aromatic ring is 1. The minimum absolute atomic E-state index is 0.266. The van der Waals surface area contributed by atoms with Gasteiger partial charge in [-0.05, 0) is 51.3 Å². The Kier molecular flexibility index (Phi) is 6.19. The first-order valence-corrected chi connectivity index (χ1v) is 11.6. The molecule has 0 aliphatic carbocycles. The first kappa shape index (κ1) is 21.6. The lowest BCUT2D eigenvalue weighted by Crippen LogP contribution is -2.39. The molecule has 0 bridgehead atoms. The summed E-state index contributed by atoms with van der Waals surface area (Å²) in [6, 6.07) is 6.24. The Labute approximate surface area is 180 Å². The first-order valence-electron chi connectivity index (χ1n) is 9.97. The van der Waals surface area contributed by atoms with E-state index in [0.717, 1.165) is 32.4 Å². The number of anilines is 1. The van der Waals surface area contributed by atoms with Crippen molar-refractivity contribution in [2.24, 2.45) is 0 Å². The number of aromatic nitrogens is 1.